The van der Waals surface area contributed by atoms with Crippen molar-refractivity contribution < 1.29 is 8.85 Å². The standard InChI is InChI=1S/C16H40N2O2Si2/c1-9-15(21(5,6)19-11-3)18(14-13-17)16(10-2)22(7,8)20-12-4/h15-16H,9-14,17H2,1-8H3. The van der Waals surface area contributed by atoms with Crippen LogP contribution >= 0.6 is 0 Å². The first-order valence-electron chi connectivity index (χ1n) is 8.95. The molecule has 2 N–H and O–H groups in total. The first-order valence-corrected chi connectivity index (χ1v) is 14.9. The highest BCUT2D eigenvalue weighted by molar-refractivity contribution is 6.74. The third-order valence-corrected chi connectivity index (χ3v) is 11.4. The summed E-state index contributed by atoms with van der Waals surface area (Å²) >= 11 is 0. The molecule has 4 nitrogen and oxygen atoms in total. The van der Waals surface area contributed by atoms with Gasteiger partial charge in [0.25, 0.3) is 0 Å². The first kappa shape index (κ1) is 22.3. The highest BCUT2D eigenvalue weighted by atomic mass is 28.4. The molecule has 6 heteroatoms. The second kappa shape index (κ2) is 10.2. The van der Waals surface area contributed by atoms with Gasteiger partial charge in [-0.1, -0.05) is 13.8 Å². The van der Waals surface area contributed by atoms with Gasteiger partial charge in [-0.3, -0.25) is 4.90 Å². The molecule has 134 valence electrons. The molecule has 22 heavy (non-hydrogen) atoms. The average Bonchev–Trinajstić information content (AvgIpc) is 2.39. The molecule has 0 spiro atoms. The van der Waals surface area contributed by atoms with E-state index in [4.69, 9.17) is 14.6 Å². The van der Waals surface area contributed by atoms with Crippen molar-refractivity contribution in [2.75, 3.05) is 26.3 Å². The summed E-state index contributed by atoms with van der Waals surface area (Å²) < 4.78 is 12.4. The third-order valence-electron chi connectivity index (χ3n) is 4.60. The summed E-state index contributed by atoms with van der Waals surface area (Å²) in [6, 6.07) is 0. The van der Waals surface area contributed by atoms with E-state index in [1.807, 2.05) is 0 Å². The molecule has 0 fully saturated rings. The lowest BCUT2D eigenvalue weighted by Gasteiger charge is -2.47. The fourth-order valence-corrected chi connectivity index (χ4v) is 10.1. The molecular formula is C16H40N2O2Si2. The van der Waals surface area contributed by atoms with Crippen LogP contribution in [0.5, 0.6) is 0 Å². The van der Waals surface area contributed by atoms with Crippen molar-refractivity contribution in [1.29, 1.82) is 0 Å². The molecule has 0 rings (SSSR count). The van der Waals surface area contributed by atoms with Gasteiger partial charge in [0.05, 0.1) is 0 Å². The Morgan fingerprint density at radius 1 is 0.818 bits per heavy atom. The second-order valence-electron chi connectivity index (χ2n) is 6.95. The van der Waals surface area contributed by atoms with Gasteiger partial charge < -0.3 is 14.6 Å². The van der Waals surface area contributed by atoms with Gasteiger partial charge in [-0.05, 0) is 52.9 Å². The van der Waals surface area contributed by atoms with E-state index >= 15 is 0 Å². The van der Waals surface area contributed by atoms with Crippen molar-refractivity contribution >= 4 is 16.6 Å². The normalized spacial score (nSPS) is 16.1. The van der Waals surface area contributed by atoms with E-state index in [0.29, 0.717) is 17.9 Å². The molecule has 0 saturated heterocycles. The Kier molecular flexibility index (Phi) is 10.3. The predicted octanol–water partition coefficient (Wildman–Crippen LogP) is 3.37. The third kappa shape index (κ3) is 6.05. The SMILES string of the molecule is CCO[Si](C)(C)C(CC)N(CCN)C(CC)[Si](C)(C)OCC. The Bertz CT molecular complexity index is 276. The van der Waals surface area contributed by atoms with Crippen LogP contribution in [-0.4, -0.2) is 59.2 Å². The van der Waals surface area contributed by atoms with Crippen LogP contribution in [0.3, 0.4) is 0 Å². The lowest BCUT2D eigenvalue weighted by Crippen LogP contribution is -2.64. The molecule has 2 unspecified atom stereocenters. The lowest BCUT2D eigenvalue weighted by atomic mass is 10.3. The van der Waals surface area contributed by atoms with Gasteiger partial charge in [0, 0.05) is 37.6 Å². The van der Waals surface area contributed by atoms with Gasteiger partial charge in [0.2, 0.25) is 16.6 Å². The topological polar surface area (TPSA) is 47.7 Å². The molecule has 2 atom stereocenters. The molecule has 0 aliphatic heterocycles. The summed E-state index contributed by atoms with van der Waals surface area (Å²) in [5.74, 6) is 0. The van der Waals surface area contributed by atoms with Crippen LogP contribution in [0.1, 0.15) is 40.5 Å². The number of nitrogens with two attached hydrogens (primary N) is 1. The maximum atomic E-state index is 6.21. The van der Waals surface area contributed by atoms with Crippen molar-refractivity contribution in [3.8, 4) is 0 Å². The summed E-state index contributed by atoms with van der Waals surface area (Å²) in [6.45, 7) is 21.4. The van der Waals surface area contributed by atoms with E-state index in [1.54, 1.807) is 0 Å². The summed E-state index contributed by atoms with van der Waals surface area (Å²) in [6.07, 6.45) is 2.23. The second-order valence-corrected chi connectivity index (χ2v) is 15.3. The molecule has 0 amide bonds. The zero-order valence-corrected chi connectivity index (χ0v) is 18.2. The van der Waals surface area contributed by atoms with Gasteiger partial charge in [-0.2, -0.15) is 0 Å². The van der Waals surface area contributed by atoms with Crippen LogP contribution in [0, 0.1) is 0 Å². The monoisotopic (exact) mass is 348 g/mol. The van der Waals surface area contributed by atoms with Crippen LogP contribution in [0.2, 0.25) is 26.2 Å². The van der Waals surface area contributed by atoms with E-state index in [0.717, 1.165) is 32.6 Å². The van der Waals surface area contributed by atoms with Crippen LogP contribution in [-0.2, 0) is 8.85 Å². The zero-order chi connectivity index (χ0) is 17.4. The average molecular weight is 349 g/mol. The number of rotatable bonds is 12. The van der Waals surface area contributed by atoms with Gasteiger partial charge >= 0.3 is 0 Å². The largest absolute Gasteiger partial charge is 0.416 e. The minimum Gasteiger partial charge on any atom is -0.416 e. The van der Waals surface area contributed by atoms with Gasteiger partial charge in [0.1, 0.15) is 0 Å². The van der Waals surface area contributed by atoms with Crippen LogP contribution in [0.25, 0.3) is 0 Å². The van der Waals surface area contributed by atoms with E-state index in [9.17, 15) is 0 Å². The van der Waals surface area contributed by atoms with E-state index in [1.165, 1.54) is 0 Å². The number of nitrogens with zero attached hydrogens (tertiary/aromatic N) is 1. The smallest absolute Gasteiger partial charge is 0.203 e. The minimum absolute atomic E-state index is 0.494. The van der Waals surface area contributed by atoms with Crippen molar-refractivity contribution in [3.63, 3.8) is 0 Å². The van der Waals surface area contributed by atoms with Crippen molar-refractivity contribution in [2.45, 2.75) is 78.1 Å². The molecule has 0 heterocycles. The van der Waals surface area contributed by atoms with Crippen molar-refractivity contribution in [1.82, 2.24) is 4.90 Å². The molecule has 0 bridgehead atoms. The Balaban J connectivity index is 5.53. The van der Waals surface area contributed by atoms with Crippen LogP contribution < -0.4 is 5.73 Å². The molecule has 0 aromatic rings. The number of hydrogen-bond acceptors (Lipinski definition) is 4. The fraction of sp³-hybridized carbons (Fsp3) is 1.00. The minimum atomic E-state index is -1.78. The molecule has 0 radical (unpaired) electrons. The molecule has 0 aliphatic carbocycles. The van der Waals surface area contributed by atoms with Crippen molar-refractivity contribution in [3.05, 3.63) is 0 Å². The van der Waals surface area contributed by atoms with E-state index < -0.39 is 16.6 Å². The maximum Gasteiger partial charge on any atom is 0.203 e. The molecule has 0 aliphatic rings. The summed E-state index contributed by atoms with van der Waals surface area (Å²) in [5, 5.41) is 0. The summed E-state index contributed by atoms with van der Waals surface area (Å²) in [5.41, 5.74) is 6.94. The Morgan fingerprint density at radius 3 is 1.41 bits per heavy atom. The number of hydrogen-bond donors (Lipinski definition) is 1. The highest BCUT2D eigenvalue weighted by Crippen LogP contribution is 2.27. The van der Waals surface area contributed by atoms with Crippen LogP contribution in [0.4, 0.5) is 0 Å². The lowest BCUT2D eigenvalue weighted by molar-refractivity contribution is 0.165. The quantitative estimate of drug-likeness (QED) is 0.549. The molecule has 0 saturated carbocycles. The zero-order valence-electron chi connectivity index (χ0n) is 16.2. The highest BCUT2D eigenvalue weighted by Gasteiger charge is 2.44. The molecule has 0 aromatic heterocycles. The van der Waals surface area contributed by atoms with Crippen molar-refractivity contribution in [2.24, 2.45) is 5.73 Å². The fourth-order valence-electron chi connectivity index (χ4n) is 3.87. The van der Waals surface area contributed by atoms with E-state index in [-0.39, 0.29) is 0 Å². The van der Waals surface area contributed by atoms with Gasteiger partial charge in [-0.15, -0.1) is 0 Å². The summed E-state index contributed by atoms with van der Waals surface area (Å²) in [4.78, 5) is 2.64. The van der Waals surface area contributed by atoms with Gasteiger partial charge in [0.15, 0.2) is 0 Å². The Hall–Kier alpha value is 0.274. The first-order chi connectivity index (χ1) is 10.2. The Labute approximate surface area is 141 Å². The Morgan fingerprint density at radius 2 is 1.18 bits per heavy atom. The van der Waals surface area contributed by atoms with E-state index in [2.05, 4.69) is 58.8 Å². The predicted molar refractivity (Wildman–Crippen MR) is 102 cm³/mol. The molecular weight excluding hydrogens is 308 g/mol. The molecule has 0 aromatic carbocycles. The summed E-state index contributed by atoms with van der Waals surface area (Å²) in [7, 11) is -3.55. The van der Waals surface area contributed by atoms with Crippen LogP contribution in [0.15, 0.2) is 0 Å². The van der Waals surface area contributed by atoms with Gasteiger partial charge in [-0.25, -0.2) is 0 Å². The maximum absolute atomic E-state index is 6.21.